The average Bonchev–Trinajstić information content (AvgIpc) is 2.76. The molecule has 4 heteroatoms. The van der Waals surface area contributed by atoms with Crippen LogP contribution in [0, 0.1) is 5.82 Å². The number of halogens is 1. The molecule has 0 bridgehead atoms. The number of hydrogen-bond donors (Lipinski definition) is 0. The first-order valence-corrected chi connectivity index (χ1v) is 5.56. The Labute approximate surface area is 99.5 Å². The molecule has 0 amide bonds. The maximum Gasteiger partial charge on any atom is 0.168 e. The summed E-state index contributed by atoms with van der Waals surface area (Å²) in [6.45, 7) is 0. The lowest BCUT2D eigenvalue weighted by Crippen LogP contribution is -2.20. The Morgan fingerprint density at radius 3 is 2.82 bits per heavy atom. The highest BCUT2D eigenvalue weighted by Gasteiger charge is 2.32. The van der Waals surface area contributed by atoms with Crippen molar-refractivity contribution >= 4 is 6.29 Å². The predicted molar refractivity (Wildman–Crippen MR) is 60.9 cm³/mol. The summed E-state index contributed by atoms with van der Waals surface area (Å²) < 4.78 is 24.0. The number of carbonyl (C=O) groups is 1. The van der Waals surface area contributed by atoms with Gasteiger partial charge >= 0.3 is 0 Å². The molecule has 0 aliphatic heterocycles. The maximum absolute atomic E-state index is 14.0. The minimum atomic E-state index is -0.496. The summed E-state index contributed by atoms with van der Waals surface area (Å²) in [5.74, 6) is -0.106. The second-order valence-corrected chi connectivity index (χ2v) is 4.13. The van der Waals surface area contributed by atoms with Gasteiger partial charge in [-0.25, -0.2) is 4.39 Å². The van der Waals surface area contributed by atoms with Crippen molar-refractivity contribution in [2.24, 2.45) is 0 Å². The van der Waals surface area contributed by atoms with Gasteiger partial charge in [0.2, 0.25) is 0 Å². The molecule has 92 valence electrons. The van der Waals surface area contributed by atoms with Crippen molar-refractivity contribution in [1.29, 1.82) is 0 Å². The molecule has 1 aromatic carbocycles. The zero-order chi connectivity index (χ0) is 12.4. The van der Waals surface area contributed by atoms with E-state index >= 15 is 0 Å². The van der Waals surface area contributed by atoms with Crippen LogP contribution in [0.25, 0.3) is 0 Å². The highest BCUT2D eigenvalue weighted by molar-refractivity contribution is 5.60. The van der Waals surface area contributed by atoms with Crippen LogP contribution in [-0.2, 0) is 16.0 Å². The molecule has 1 aliphatic rings. The lowest BCUT2D eigenvalue weighted by Gasteiger charge is -2.17. The summed E-state index contributed by atoms with van der Waals surface area (Å²) >= 11 is 0. The van der Waals surface area contributed by atoms with Crippen LogP contribution in [0.4, 0.5) is 4.39 Å². The third kappa shape index (κ3) is 1.93. The molecule has 2 rings (SSSR count). The molecule has 2 unspecified atom stereocenters. The van der Waals surface area contributed by atoms with Crippen LogP contribution in [0.15, 0.2) is 12.1 Å². The Kier molecular flexibility index (Phi) is 3.43. The minimum Gasteiger partial charge on any atom is -0.494 e. The molecule has 17 heavy (non-hydrogen) atoms. The van der Waals surface area contributed by atoms with Crippen LogP contribution < -0.4 is 4.74 Å². The Morgan fingerprint density at radius 2 is 2.24 bits per heavy atom. The van der Waals surface area contributed by atoms with Crippen molar-refractivity contribution in [3.8, 4) is 5.75 Å². The first-order chi connectivity index (χ1) is 8.22. The van der Waals surface area contributed by atoms with E-state index in [1.165, 1.54) is 14.2 Å². The summed E-state index contributed by atoms with van der Waals surface area (Å²) in [7, 11) is 2.94. The molecule has 3 nitrogen and oxygen atoms in total. The van der Waals surface area contributed by atoms with Gasteiger partial charge in [0, 0.05) is 13.0 Å². The highest BCUT2D eigenvalue weighted by atomic mass is 19.1. The van der Waals surface area contributed by atoms with Gasteiger partial charge in [-0.15, -0.1) is 0 Å². The van der Waals surface area contributed by atoms with E-state index in [9.17, 15) is 9.18 Å². The summed E-state index contributed by atoms with van der Waals surface area (Å²) in [6, 6.07) is 3.43. The van der Waals surface area contributed by atoms with Gasteiger partial charge in [0.05, 0.1) is 7.11 Å². The third-order valence-corrected chi connectivity index (χ3v) is 3.37. The van der Waals surface area contributed by atoms with E-state index in [0.29, 0.717) is 12.0 Å². The van der Waals surface area contributed by atoms with E-state index in [2.05, 4.69) is 0 Å². The number of benzene rings is 1. The lowest BCUT2D eigenvalue weighted by molar-refractivity contribution is -0.117. The molecule has 0 saturated heterocycles. The van der Waals surface area contributed by atoms with Crippen molar-refractivity contribution in [3.63, 3.8) is 0 Å². The number of ether oxygens (including phenoxy) is 2. The van der Waals surface area contributed by atoms with Crippen LogP contribution in [0.3, 0.4) is 0 Å². The molecule has 2 atom stereocenters. The van der Waals surface area contributed by atoms with Gasteiger partial charge in [-0.1, -0.05) is 6.07 Å². The van der Waals surface area contributed by atoms with E-state index in [0.717, 1.165) is 18.3 Å². The number of carbonyl (C=O) groups excluding carboxylic acids is 1. The maximum atomic E-state index is 14.0. The number of fused-ring (bicyclic) bond motifs is 1. The van der Waals surface area contributed by atoms with Crippen molar-refractivity contribution < 1.29 is 18.7 Å². The van der Waals surface area contributed by atoms with Crippen LogP contribution >= 0.6 is 0 Å². The number of hydrogen-bond acceptors (Lipinski definition) is 3. The van der Waals surface area contributed by atoms with Gasteiger partial charge < -0.3 is 14.3 Å². The summed E-state index contributed by atoms with van der Waals surface area (Å²) in [5.41, 5.74) is 1.51. The Hall–Kier alpha value is -1.42. The highest BCUT2D eigenvalue weighted by Crippen LogP contribution is 2.39. The van der Waals surface area contributed by atoms with Gasteiger partial charge in [-0.2, -0.15) is 0 Å². The van der Waals surface area contributed by atoms with Gasteiger partial charge in [0.15, 0.2) is 11.6 Å². The average molecular weight is 238 g/mol. The van der Waals surface area contributed by atoms with Gasteiger partial charge in [-0.3, -0.25) is 0 Å². The zero-order valence-electron chi connectivity index (χ0n) is 9.90. The van der Waals surface area contributed by atoms with Gasteiger partial charge in [0.1, 0.15) is 12.4 Å². The predicted octanol–water partition coefficient (Wildman–Crippen LogP) is 2.08. The molecule has 0 heterocycles. The van der Waals surface area contributed by atoms with Crippen LogP contribution in [0.1, 0.15) is 23.5 Å². The normalized spacial score (nSPS) is 19.8. The van der Waals surface area contributed by atoms with Crippen molar-refractivity contribution in [1.82, 2.24) is 0 Å². The largest absolute Gasteiger partial charge is 0.494 e. The number of rotatable bonds is 4. The zero-order valence-corrected chi connectivity index (χ0v) is 9.90. The molecule has 0 fully saturated rings. The fourth-order valence-corrected chi connectivity index (χ4v) is 2.49. The van der Waals surface area contributed by atoms with Crippen LogP contribution in [0.5, 0.6) is 5.75 Å². The topological polar surface area (TPSA) is 35.5 Å². The second kappa shape index (κ2) is 4.84. The molecule has 0 saturated carbocycles. The Morgan fingerprint density at radius 1 is 1.47 bits per heavy atom. The molecule has 0 aromatic heterocycles. The van der Waals surface area contributed by atoms with E-state index in [-0.39, 0.29) is 17.5 Å². The molecular weight excluding hydrogens is 223 g/mol. The van der Waals surface area contributed by atoms with Gasteiger partial charge in [-0.05, 0) is 30.0 Å². The van der Waals surface area contributed by atoms with E-state index in [4.69, 9.17) is 9.47 Å². The monoisotopic (exact) mass is 238 g/mol. The first-order valence-electron chi connectivity index (χ1n) is 5.56. The lowest BCUT2D eigenvalue weighted by atomic mass is 9.96. The Balaban J connectivity index is 2.39. The quantitative estimate of drug-likeness (QED) is 0.753. The van der Waals surface area contributed by atoms with Crippen molar-refractivity contribution in [2.45, 2.75) is 24.9 Å². The number of methoxy groups -OCH3 is 2. The third-order valence-electron chi connectivity index (χ3n) is 3.37. The summed E-state index contributed by atoms with van der Waals surface area (Å²) in [5, 5.41) is 0. The summed E-state index contributed by atoms with van der Waals surface area (Å²) in [4.78, 5) is 10.9. The van der Waals surface area contributed by atoms with Gasteiger partial charge in [0.25, 0.3) is 0 Å². The van der Waals surface area contributed by atoms with Crippen LogP contribution in [-0.4, -0.2) is 26.6 Å². The Bertz CT molecular complexity index is 431. The van der Waals surface area contributed by atoms with E-state index < -0.39 is 6.10 Å². The van der Waals surface area contributed by atoms with Crippen molar-refractivity contribution in [3.05, 3.63) is 29.1 Å². The van der Waals surface area contributed by atoms with Crippen LogP contribution in [0.2, 0.25) is 0 Å². The van der Waals surface area contributed by atoms with E-state index in [1.807, 2.05) is 6.07 Å². The molecule has 1 aromatic rings. The first kappa shape index (κ1) is 12.0. The smallest absolute Gasteiger partial charge is 0.168 e. The standard InChI is InChI=1S/C13H15FO3/c1-16-11-6-5-8-9(12(7-15)17-2)3-4-10(8)13(11)14/h5-7,9,12H,3-4H2,1-2H3. The van der Waals surface area contributed by atoms with E-state index in [1.54, 1.807) is 6.07 Å². The van der Waals surface area contributed by atoms with Crippen molar-refractivity contribution in [2.75, 3.05) is 14.2 Å². The summed E-state index contributed by atoms with van der Waals surface area (Å²) in [6.07, 6.45) is 1.64. The molecule has 0 radical (unpaired) electrons. The molecular formula is C13H15FO3. The minimum absolute atomic E-state index is 0.0482. The fraction of sp³-hybridized carbons (Fsp3) is 0.462. The fourth-order valence-electron chi connectivity index (χ4n) is 2.49. The molecule has 1 aliphatic carbocycles. The number of aldehydes is 1. The molecule has 0 N–H and O–H groups in total. The SMILES string of the molecule is COc1ccc2c(c1F)CCC2C(C=O)OC. The second-order valence-electron chi connectivity index (χ2n) is 4.13. The molecule has 0 spiro atoms.